The smallest absolute Gasteiger partial charge is 0.253 e. The maximum Gasteiger partial charge on any atom is 0.253 e. The van der Waals surface area contributed by atoms with Crippen LogP contribution in [0.15, 0.2) is 39.9 Å². The molecule has 1 aromatic heterocycles. The molecule has 0 saturated carbocycles. The summed E-state index contributed by atoms with van der Waals surface area (Å²) in [4.78, 5) is 27.9. The number of hydrogen-bond donors (Lipinski definition) is 1. The number of nitrogens with one attached hydrogen (secondary N) is 1. The van der Waals surface area contributed by atoms with Gasteiger partial charge in [0.1, 0.15) is 6.54 Å². The highest BCUT2D eigenvalue weighted by atomic mass is 79.9. The molecule has 110 valence electrons. The first-order valence-corrected chi connectivity index (χ1v) is 7.40. The second kappa shape index (κ2) is 6.67. The molecule has 2 rings (SSSR count). The number of benzene rings is 1. The SMILES string of the molecule is CCc1cc(=O)n(CC(=O)Nc2ccc(Br)c(C)c2)cn1. The van der Waals surface area contributed by atoms with E-state index < -0.39 is 0 Å². The number of carbonyl (C=O) groups is 1. The zero-order valence-electron chi connectivity index (χ0n) is 11.9. The summed E-state index contributed by atoms with van der Waals surface area (Å²) in [5.74, 6) is -0.259. The van der Waals surface area contributed by atoms with Crippen molar-refractivity contribution in [3.05, 3.63) is 56.7 Å². The van der Waals surface area contributed by atoms with Gasteiger partial charge in [0.15, 0.2) is 0 Å². The Bertz CT molecular complexity index is 725. The average molecular weight is 350 g/mol. The van der Waals surface area contributed by atoms with Gasteiger partial charge in [-0.2, -0.15) is 0 Å². The third-order valence-electron chi connectivity index (χ3n) is 3.05. The molecule has 1 N–H and O–H groups in total. The maximum atomic E-state index is 12.0. The van der Waals surface area contributed by atoms with E-state index in [2.05, 4.69) is 26.2 Å². The number of rotatable bonds is 4. The van der Waals surface area contributed by atoms with E-state index in [0.717, 1.165) is 15.7 Å². The summed E-state index contributed by atoms with van der Waals surface area (Å²) in [7, 11) is 0. The fourth-order valence-electron chi connectivity index (χ4n) is 1.85. The molecule has 1 heterocycles. The van der Waals surface area contributed by atoms with Gasteiger partial charge in [-0.15, -0.1) is 0 Å². The lowest BCUT2D eigenvalue weighted by atomic mass is 10.2. The van der Waals surface area contributed by atoms with Crippen molar-refractivity contribution in [1.29, 1.82) is 0 Å². The number of nitrogens with zero attached hydrogens (tertiary/aromatic N) is 2. The number of aromatic nitrogens is 2. The van der Waals surface area contributed by atoms with Crippen molar-refractivity contribution in [3.8, 4) is 0 Å². The highest BCUT2D eigenvalue weighted by Gasteiger charge is 2.07. The summed E-state index contributed by atoms with van der Waals surface area (Å²) in [6.07, 6.45) is 2.11. The zero-order chi connectivity index (χ0) is 15.4. The summed E-state index contributed by atoms with van der Waals surface area (Å²) < 4.78 is 2.27. The molecule has 0 bridgehead atoms. The molecule has 0 saturated heterocycles. The van der Waals surface area contributed by atoms with Crippen LogP contribution in [0, 0.1) is 6.92 Å². The lowest BCUT2D eigenvalue weighted by Crippen LogP contribution is -2.27. The maximum absolute atomic E-state index is 12.0. The van der Waals surface area contributed by atoms with Crippen LogP contribution >= 0.6 is 15.9 Å². The quantitative estimate of drug-likeness (QED) is 0.922. The Kier molecular flexibility index (Phi) is 4.90. The van der Waals surface area contributed by atoms with Crippen LogP contribution in [0.2, 0.25) is 0 Å². The second-order valence-electron chi connectivity index (χ2n) is 4.71. The molecule has 0 radical (unpaired) electrons. The van der Waals surface area contributed by atoms with E-state index in [1.54, 1.807) is 6.07 Å². The molecular weight excluding hydrogens is 334 g/mol. The normalized spacial score (nSPS) is 10.4. The molecule has 5 nitrogen and oxygen atoms in total. The van der Waals surface area contributed by atoms with Gasteiger partial charge in [0.2, 0.25) is 5.91 Å². The highest BCUT2D eigenvalue weighted by Crippen LogP contribution is 2.19. The van der Waals surface area contributed by atoms with Gasteiger partial charge in [-0.3, -0.25) is 14.2 Å². The summed E-state index contributed by atoms with van der Waals surface area (Å²) in [5.41, 5.74) is 2.23. The number of amides is 1. The van der Waals surface area contributed by atoms with E-state index >= 15 is 0 Å². The highest BCUT2D eigenvalue weighted by molar-refractivity contribution is 9.10. The van der Waals surface area contributed by atoms with Crippen LogP contribution in [0.3, 0.4) is 0 Å². The van der Waals surface area contributed by atoms with E-state index in [1.165, 1.54) is 17.0 Å². The minimum atomic E-state index is -0.259. The van der Waals surface area contributed by atoms with Crippen LogP contribution in [0.5, 0.6) is 0 Å². The largest absolute Gasteiger partial charge is 0.325 e. The fraction of sp³-hybridized carbons (Fsp3) is 0.267. The Morgan fingerprint density at radius 3 is 2.76 bits per heavy atom. The number of halogens is 1. The van der Waals surface area contributed by atoms with Crippen molar-refractivity contribution >= 4 is 27.5 Å². The molecule has 0 spiro atoms. The molecule has 0 fully saturated rings. The molecule has 21 heavy (non-hydrogen) atoms. The molecule has 6 heteroatoms. The van der Waals surface area contributed by atoms with Crippen molar-refractivity contribution in [2.24, 2.45) is 0 Å². The monoisotopic (exact) mass is 349 g/mol. The Morgan fingerprint density at radius 2 is 2.14 bits per heavy atom. The first-order valence-electron chi connectivity index (χ1n) is 6.61. The average Bonchev–Trinajstić information content (AvgIpc) is 2.45. The predicted molar refractivity (Wildman–Crippen MR) is 85.4 cm³/mol. The third-order valence-corrected chi connectivity index (χ3v) is 3.94. The van der Waals surface area contributed by atoms with Gasteiger partial charge in [0, 0.05) is 21.9 Å². The second-order valence-corrected chi connectivity index (χ2v) is 5.57. The first-order chi connectivity index (χ1) is 9.99. The van der Waals surface area contributed by atoms with Crippen molar-refractivity contribution < 1.29 is 4.79 Å². The summed E-state index contributed by atoms with van der Waals surface area (Å²) in [5, 5.41) is 2.77. The van der Waals surface area contributed by atoms with Gasteiger partial charge >= 0.3 is 0 Å². The van der Waals surface area contributed by atoms with E-state index in [1.807, 2.05) is 26.0 Å². The van der Waals surface area contributed by atoms with E-state index in [4.69, 9.17) is 0 Å². The Balaban J connectivity index is 2.08. The topological polar surface area (TPSA) is 64.0 Å². The predicted octanol–water partition coefficient (Wildman–Crippen LogP) is 2.52. The van der Waals surface area contributed by atoms with Crippen LogP contribution in [0.4, 0.5) is 5.69 Å². The standard InChI is InChI=1S/C15H16BrN3O2/c1-3-11-7-15(21)19(9-17-11)8-14(20)18-12-4-5-13(16)10(2)6-12/h4-7,9H,3,8H2,1-2H3,(H,18,20). The van der Waals surface area contributed by atoms with E-state index in [-0.39, 0.29) is 18.0 Å². The van der Waals surface area contributed by atoms with Crippen molar-refractivity contribution in [3.63, 3.8) is 0 Å². The van der Waals surface area contributed by atoms with E-state index in [9.17, 15) is 9.59 Å². The number of anilines is 1. The summed E-state index contributed by atoms with van der Waals surface area (Å²) in [6.45, 7) is 3.82. The van der Waals surface area contributed by atoms with Crippen LogP contribution in [0.25, 0.3) is 0 Å². The Hall–Kier alpha value is -1.95. The lowest BCUT2D eigenvalue weighted by molar-refractivity contribution is -0.116. The molecule has 0 atom stereocenters. The van der Waals surface area contributed by atoms with Gasteiger partial charge in [-0.05, 0) is 37.1 Å². The molecule has 0 aliphatic carbocycles. The van der Waals surface area contributed by atoms with Crippen LogP contribution < -0.4 is 10.9 Å². The Labute approximate surface area is 131 Å². The van der Waals surface area contributed by atoms with Gasteiger partial charge in [0.05, 0.1) is 6.33 Å². The molecule has 0 aliphatic rings. The summed E-state index contributed by atoms with van der Waals surface area (Å²) >= 11 is 3.41. The lowest BCUT2D eigenvalue weighted by Gasteiger charge is -2.08. The third kappa shape index (κ3) is 4.01. The molecule has 1 aromatic carbocycles. The molecular formula is C15H16BrN3O2. The molecule has 1 amide bonds. The van der Waals surface area contributed by atoms with Gasteiger partial charge < -0.3 is 5.32 Å². The van der Waals surface area contributed by atoms with Crippen LogP contribution in [-0.4, -0.2) is 15.5 Å². The van der Waals surface area contributed by atoms with Gasteiger partial charge in [0.25, 0.3) is 5.56 Å². The summed E-state index contributed by atoms with van der Waals surface area (Å²) in [6, 6.07) is 6.99. The van der Waals surface area contributed by atoms with Crippen molar-refractivity contribution in [2.45, 2.75) is 26.8 Å². The first kappa shape index (κ1) is 15.4. The number of hydrogen-bond acceptors (Lipinski definition) is 3. The van der Waals surface area contributed by atoms with Crippen LogP contribution in [0.1, 0.15) is 18.2 Å². The van der Waals surface area contributed by atoms with E-state index in [0.29, 0.717) is 12.1 Å². The molecule has 0 unspecified atom stereocenters. The molecule has 0 aliphatic heterocycles. The number of aryl methyl sites for hydroxylation is 2. The zero-order valence-corrected chi connectivity index (χ0v) is 13.5. The molecule has 2 aromatic rings. The van der Waals surface area contributed by atoms with Gasteiger partial charge in [-0.1, -0.05) is 22.9 Å². The van der Waals surface area contributed by atoms with Gasteiger partial charge in [-0.25, -0.2) is 4.98 Å². The number of carbonyl (C=O) groups excluding carboxylic acids is 1. The minimum absolute atomic E-state index is 0.0507. The van der Waals surface area contributed by atoms with Crippen molar-refractivity contribution in [1.82, 2.24) is 9.55 Å². The Morgan fingerprint density at radius 1 is 1.38 bits per heavy atom. The minimum Gasteiger partial charge on any atom is -0.325 e. The fourth-order valence-corrected chi connectivity index (χ4v) is 2.10. The van der Waals surface area contributed by atoms with Crippen molar-refractivity contribution in [2.75, 3.05) is 5.32 Å². The van der Waals surface area contributed by atoms with Crippen LogP contribution in [-0.2, 0) is 17.8 Å².